The van der Waals surface area contributed by atoms with Gasteiger partial charge in [-0.2, -0.15) is 0 Å². The SMILES string of the molecule is Cc1ccc(NCc2ccccc2OC(F)(F)F)cc1C. The Morgan fingerprint density at radius 1 is 1.00 bits per heavy atom. The Morgan fingerprint density at radius 3 is 2.38 bits per heavy atom. The van der Waals surface area contributed by atoms with Crippen molar-refractivity contribution in [2.75, 3.05) is 5.32 Å². The minimum atomic E-state index is -4.68. The van der Waals surface area contributed by atoms with Gasteiger partial charge in [0.05, 0.1) is 0 Å². The van der Waals surface area contributed by atoms with Gasteiger partial charge >= 0.3 is 6.36 Å². The Morgan fingerprint density at radius 2 is 1.71 bits per heavy atom. The van der Waals surface area contributed by atoms with Gasteiger partial charge in [0.1, 0.15) is 5.75 Å². The highest BCUT2D eigenvalue weighted by molar-refractivity contribution is 5.49. The Bertz CT molecular complexity index is 623. The van der Waals surface area contributed by atoms with Crippen LogP contribution in [0.5, 0.6) is 5.75 Å². The zero-order valence-electron chi connectivity index (χ0n) is 11.8. The quantitative estimate of drug-likeness (QED) is 0.873. The van der Waals surface area contributed by atoms with Crippen molar-refractivity contribution in [3.63, 3.8) is 0 Å². The van der Waals surface area contributed by atoms with E-state index in [0.717, 1.165) is 11.3 Å². The molecule has 0 heterocycles. The normalized spacial score (nSPS) is 11.3. The van der Waals surface area contributed by atoms with Crippen LogP contribution in [0.15, 0.2) is 42.5 Å². The summed E-state index contributed by atoms with van der Waals surface area (Å²) in [5.41, 5.74) is 3.61. The zero-order valence-corrected chi connectivity index (χ0v) is 11.8. The van der Waals surface area contributed by atoms with Crippen molar-refractivity contribution >= 4 is 5.69 Å². The first-order valence-electron chi connectivity index (χ1n) is 6.50. The maximum Gasteiger partial charge on any atom is 0.573 e. The first-order valence-corrected chi connectivity index (χ1v) is 6.50. The minimum absolute atomic E-state index is 0.179. The fourth-order valence-corrected chi connectivity index (χ4v) is 1.92. The summed E-state index contributed by atoms with van der Waals surface area (Å²) in [7, 11) is 0. The number of para-hydroxylation sites is 1. The number of halogens is 3. The third-order valence-electron chi connectivity index (χ3n) is 3.19. The highest BCUT2D eigenvalue weighted by Crippen LogP contribution is 2.27. The number of hydrogen-bond donors (Lipinski definition) is 1. The monoisotopic (exact) mass is 295 g/mol. The predicted octanol–water partition coefficient (Wildman–Crippen LogP) is 4.81. The van der Waals surface area contributed by atoms with Gasteiger partial charge in [0.2, 0.25) is 0 Å². The average Bonchev–Trinajstić information content (AvgIpc) is 2.40. The highest BCUT2D eigenvalue weighted by Gasteiger charge is 2.31. The van der Waals surface area contributed by atoms with E-state index in [0.29, 0.717) is 5.56 Å². The van der Waals surface area contributed by atoms with Crippen LogP contribution in [-0.4, -0.2) is 6.36 Å². The van der Waals surface area contributed by atoms with Gasteiger partial charge < -0.3 is 10.1 Å². The van der Waals surface area contributed by atoms with Crippen molar-refractivity contribution in [2.24, 2.45) is 0 Å². The third-order valence-corrected chi connectivity index (χ3v) is 3.19. The summed E-state index contributed by atoms with van der Waals surface area (Å²) < 4.78 is 41.0. The van der Waals surface area contributed by atoms with Crippen LogP contribution in [0.2, 0.25) is 0 Å². The molecule has 0 saturated heterocycles. The molecule has 0 aliphatic heterocycles. The molecule has 0 aliphatic carbocycles. The molecule has 5 heteroatoms. The van der Waals surface area contributed by atoms with Crippen LogP contribution in [0.1, 0.15) is 16.7 Å². The van der Waals surface area contributed by atoms with Crippen LogP contribution in [0, 0.1) is 13.8 Å². The molecule has 0 spiro atoms. The first kappa shape index (κ1) is 15.2. The second kappa shape index (κ2) is 6.08. The smallest absolute Gasteiger partial charge is 0.405 e. The minimum Gasteiger partial charge on any atom is -0.405 e. The van der Waals surface area contributed by atoms with E-state index in [1.807, 2.05) is 32.0 Å². The van der Waals surface area contributed by atoms with E-state index in [4.69, 9.17) is 0 Å². The van der Waals surface area contributed by atoms with Crippen LogP contribution in [0.25, 0.3) is 0 Å². The van der Waals surface area contributed by atoms with Gasteiger partial charge in [-0.05, 0) is 43.2 Å². The molecule has 21 heavy (non-hydrogen) atoms. The summed E-state index contributed by atoms with van der Waals surface area (Å²) in [6.07, 6.45) is -4.68. The van der Waals surface area contributed by atoms with E-state index in [1.54, 1.807) is 12.1 Å². The molecule has 2 rings (SSSR count). The Hall–Kier alpha value is -2.17. The topological polar surface area (TPSA) is 21.3 Å². The maximum atomic E-state index is 12.3. The predicted molar refractivity (Wildman–Crippen MR) is 76.4 cm³/mol. The van der Waals surface area contributed by atoms with Gasteiger partial charge in [-0.15, -0.1) is 13.2 Å². The van der Waals surface area contributed by atoms with E-state index >= 15 is 0 Å². The number of alkyl halides is 3. The number of aryl methyl sites for hydroxylation is 2. The van der Waals surface area contributed by atoms with Crippen molar-refractivity contribution < 1.29 is 17.9 Å². The lowest BCUT2D eigenvalue weighted by Crippen LogP contribution is -2.18. The molecule has 2 nitrogen and oxygen atoms in total. The second-order valence-electron chi connectivity index (χ2n) is 4.81. The van der Waals surface area contributed by atoms with E-state index in [2.05, 4.69) is 10.1 Å². The molecule has 0 radical (unpaired) electrons. The van der Waals surface area contributed by atoms with Gasteiger partial charge in [-0.1, -0.05) is 24.3 Å². The number of rotatable bonds is 4. The lowest BCUT2D eigenvalue weighted by atomic mass is 10.1. The lowest BCUT2D eigenvalue weighted by molar-refractivity contribution is -0.274. The van der Waals surface area contributed by atoms with Crippen LogP contribution >= 0.6 is 0 Å². The summed E-state index contributed by atoms with van der Waals surface area (Å²) in [6, 6.07) is 11.9. The number of hydrogen-bond acceptors (Lipinski definition) is 2. The van der Waals surface area contributed by atoms with Gasteiger partial charge in [0.15, 0.2) is 0 Å². The average molecular weight is 295 g/mol. The molecular weight excluding hydrogens is 279 g/mol. The second-order valence-corrected chi connectivity index (χ2v) is 4.81. The molecule has 1 N–H and O–H groups in total. The molecule has 0 atom stereocenters. The van der Waals surface area contributed by atoms with Gasteiger partial charge in [-0.25, -0.2) is 0 Å². The van der Waals surface area contributed by atoms with Gasteiger partial charge in [-0.3, -0.25) is 0 Å². The van der Waals surface area contributed by atoms with Crippen LogP contribution in [0.4, 0.5) is 18.9 Å². The zero-order chi connectivity index (χ0) is 15.5. The molecule has 2 aromatic carbocycles. The third kappa shape index (κ3) is 4.41. The van der Waals surface area contributed by atoms with Crippen LogP contribution in [0.3, 0.4) is 0 Å². The van der Waals surface area contributed by atoms with Crippen molar-refractivity contribution in [2.45, 2.75) is 26.8 Å². The Kier molecular flexibility index (Phi) is 4.40. The molecule has 112 valence electrons. The fraction of sp³-hybridized carbons (Fsp3) is 0.250. The fourth-order valence-electron chi connectivity index (χ4n) is 1.92. The van der Waals surface area contributed by atoms with E-state index < -0.39 is 6.36 Å². The van der Waals surface area contributed by atoms with E-state index in [-0.39, 0.29) is 12.3 Å². The largest absolute Gasteiger partial charge is 0.573 e. The molecular formula is C16H16F3NO. The lowest BCUT2D eigenvalue weighted by Gasteiger charge is -2.14. The molecule has 0 unspecified atom stereocenters. The van der Waals surface area contributed by atoms with Crippen molar-refractivity contribution in [1.82, 2.24) is 0 Å². The first-order chi connectivity index (χ1) is 9.85. The van der Waals surface area contributed by atoms with E-state index in [9.17, 15) is 13.2 Å². The standard InChI is InChI=1S/C16H16F3NO/c1-11-7-8-14(9-12(11)2)20-10-13-5-3-4-6-15(13)21-16(17,18)19/h3-9,20H,10H2,1-2H3. The molecule has 0 amide bonds. The molecule has 0 saturated carbocycles. The van der Waals surface area contributed by atoms with Crippen molar-refractivity contribution in [1.29, 1.82) is 0 Å². The molecule has 0 aliphatic rings. The van der Waals surface area contributed by atoms with Crippen molar-refractivity contribution in [3.8, 4) is 5.75 Å². The molecule has 2 aromatic rings. The number of ether oxygens (including phenoxy) is 1. The van der Waals surface area contributed by atoms with Crippen LogP contribution < -0.4 is 10.1 Å². The molecule has 0 bridgehead atoms. The Balaban J connectivity index is 2.11. The number of benzene rings is 2. The number of nitrogens with one attached hydrogen (secondary N) is 1. The number of anilines is 1. The Labute approximate surface area is 121 Å². The van der Waals surface area contributed by atoms with Crippen LogP contribution in [-0.2, 0) is 6.54 Å². The molecule has 0 fully saturated rings. The summed E-state index contributed by atoms with van der Waals surface area (Å²) in [6.45, 7) is 4.25. The summed E-state index contributed by atoms with van der Waals surface area (Å²) >= 11 is 0. The molecule has 0 aromatic heterocycles. The summed E-state index contributed by atoms with van der Waals surface area (Å²) in [5, 5.41) is 3.11. The summed E-state index contributed by atoms with van der Waals surface area (Å²) in [5.74, 6) is -0.179. The van der Waals surface area contributed by atoms with Gasteiger partial charge in [0.25, 0.3) is 0 Å². The maximum absolute atomic E-state index is 12.3. The van der Waals surface area contributed by atoms with Crippen molar-refractivity contribution in [3.05, 3.63) is 59.2 Å². The highest BCUT2D eigenvalue weighted by atomic mass is 19.4. The summed E-state index contributed by atoms with van der Waals surface area (Å²) in [4.78, 5) is 0. The van der Waals surface area contributed by atoms with Gasteiger partial charge in [0, 0.05) is 17.8 Å². The van der Waals surface area contributed by atoms with E-state index in [1.165, 1.54) is 17.7 Å².